The van der Waals surface area contributed by atoms with Crippen LogP contribution in [0.1, 0.15) is 16.1 Å². The Kier molecular flexibility index (Phi) is 6.29. The third-order valence-electron chi connectivity index (χ3n) is 3.94. The van der Waals surface area contributed by atoms with Gasteiger partial charge in [-0.15, -0.1) is 0 Å². The van der Waals surface area contributed by atoms with Gasteiger partial charge in [-0.3, -0.25) is 4.79 Å². The highest BCUT2D eigenvalue weighted by atomic mass is 35.5. The summed E-state index contributed by atoms with van der Waals surface area (Å²) in [7, 11) is 3.16. The summed E-state index contributed by atoms with van der Waals surface area (Å²) >= 11 is 6.13. The Balaban J connectivity index is 1.64. The summed E-state index contributed by atoms with van der Waals surface area (Å²) in [5, 5.41) is 6.40. The maximum absolute atomic E-state index is 12.4. The van der Waals surface area contributed by atoms with Crippen molar-refractivity contribution >= 4 is 29.0 Å². The van der Waals surface area contributed by atoms with Crippen LogP contribution in [0.3, 0.4) is 0 Å². The Morgan fingerprint density at radius 3 is 2.50 bits per heavy atom. The highest BCUT2D eigenvalue weighted by molar-refractivity contribution is 6.32. The minimum Gasteiger partial charge on any atom is -0.497 e. The first-order valence-electron chi connectivity index (χ1n) is 8.43. The zero-order valence-corrected chi connectivity index (χ0v) is 16.2. The van der Waals surface area contributed by atoms with E-state index in [-0.39, 0.29) is 11.6 Å². The molecule has 7 nitrogen and oxygen atoms in total. The highest BCUT2D eigenvalue weighted by Crippen LogP contribution is 2.28. The SMILES string of the molecule is COc1ccc(CNC(=O)c2cc(Nc3ccc(OC)c(Cl)c3)ncn2)cc1. The number of ether oxygens (including phenoxy) is 2. The van der Waals surface area contributed by atoms with Crippen LogP contribution in [-0.2, 0) is 6.54 Å². The zero-order chi connectivity index (χ0) is 19.9. The molecule has 0 aliphatic rings. The Bertz CT molecular complexity index is 964. The second-order valence-corrected chi connectivity index (χ2v) is 6.20. The van der Waals surface area contributed by atoms with Gasteiger partial charge in [-0.05, 0) is 35.9 Å². The van der Waals surface area contributed by atoms with Gasteiger partial charge in [-0.2, -0.15) is 0 Å². The molecule has 3 rings (SSSR count). The molecule has 1 heterocycles. The number of nitrogens with one attached hydrogen (secondary N) is 2. The van der Waals surface area contributed by atoms with Gasteiger partial charge in [0, 0.05) is 18.3 Å². The first-order chi connectivity index (χ1) is 13.6. The minimum absolute atomic E-state index is 0.255. The molecule has 0 saturated heterocycles. The third-order valence-corrected chi connectivity index (χ3v) is 4.23. The quantitative estimate of drug-likeness (QED) is 0.629. The lowest BCUT2D eigenvalue weighted by Gasteiger charge is -2.09. The van der Waals surface area contributed by atoms with E-state index in [1.54, 1.807) is 38.5 Å². The maximum atomic E-state index is 12.4. The van der Waals surface area contributed by atoms with Gasteiger partial charge in [0.25, 0.3) is 5.91 Å². The highest BCUT2D eigenvalue weighted by Gasteiger charge is 2.10. The molecule has 2 N–H and O–H groups in total. The Morgan fingerprint density at radius 1 is 1.04 bits per heavy atom. The molecule has 8 heteroatoms. The van der Waals surface area contributed by atoms with Crippen LogP contribution in [0, 0.1) is 0 Å². The maximum Gasteiger partial charge on any atom is 0.270 e. The van der Waals surface area contributed by atoms with Crippen molar-refractivity contribution in [1.29, 1.82) is 0 Å². The van der Waals surface area contributed by atoms with Crippen LogP contribution < -0.4 is 20.1 Å². The van der Waals surface area contributed by atoms with E-state index in [1.807, 2.05) is 24.3 Å². The molecule has 28 heavy (non-hydrogen) atoms. The van der Waals surface area contributed by atoms with Crippen molar-refractivity contribution in [1.82, 2.24) is 15.3 Å². The lowest BCUT2D eigenvalue weighted by atomic mass is 10.2. The van der Waals surface area contributed by atoms with Crippen molar-refractivity contribution in [3.8, 4) is 11.5 Å². The van der Waals surface area contributed by atoms with E-state index in [1.165, 1.54) is 6.33 Å². The number of carbonyl (C=O) groups is 1. The van der Waals surface area contributed by atoms with Crippen LogP contribution in [0.15, 0.2) is 54.9 Å². The number of rotatable bonds is 7. The van der Waals surface area contributed by atoms with E-state index in [4.69, 9.17) is 21.1 Å². The lowest BCUT2D eigenvalue weighted by molar-refractivity contribution is 0.0946. The summed E-state index contributed by atoms with van der Waals surface area (Å²) < 4.78 is 10.3. The van der Waals surface area contributed by atoms with Crippen molar-refractivity contribution in [3.05, 3.63) is 71.1 Å². The molecule has 3 aromatic rings. The lowest BCUT2D eigenvalue weighted by Crippen LogP contribution is -2.24. The van der Waals surface area contributed by atoms with Gasteiger partial charge in [-0.25, -0.2) is 9.97 Å². The molecule has 1 amide bonds. The van der Waals surface area contributed by atoms with Crippen LogP contribution >= 0.6 is 11.6 Å². The number of hydrogen-bond acceptors (Lipinski definition) is 6. The van der Waals surface area contributed by atoms with Crippen LogP contribution in [0.4, 0.5) is 11.5 Å². The van der Waals surface area contributed by atoms with E-state index < -0.39 is 0 Å². The second-order valence-electron chi connectivity index (χ2n) is 5.79. The van der Waals surface area contributed by atoms with Crippen LogP contribution in [-0.4, -0.2) is 30.1 Å². The number of anilines is 2. The molecule has 0 saturated carbocycles. The molecule has 144 valence electrons. The zero-order valence-electron chi connectivity index (χ0n) is 15.4. The fraction of sp³-hybridized carbons (Fsp3) is 0.150. The van der Waals surface area contributed by atoms with Gasteiger partial charge in [0.2, 0.25) is 0 Å². The Hall–Kier alpha value is -3.32. The van der Waals surface area contributed by atoms with E-state index in [2.05, 4.69) is 20.6 Å². The molecule has 0 bridgehead atoms. The summed E-state index contributed by atoms with van der Waals surface area (Å²) in [6, 6.07) is 14.3. The predicted octanol–water partition coefficient (Wildman–Crippen LogP) is 3.82. The Morgan fingerprint density at radius 2 is 1.82 bits per heavy atom. The van der Waals surface area contributed by atoms with Crippen molar-refractivity contribution in [2.45, 2.75) is 6.54 Å². The minimum atomic E-state index is -0.297. The number of hydrogen-bond donors (Lipinski definition) is 2. The molecule has 0 unspecified atom stereocenters. The summed E-state index contributed by atoms with van der Waals surface area (Å²) in [4.78, 5) is 20.6. The van der Waals surface area contributed by atoms with Gasteiger partial charge < -0.3 is 20.1 Å². The number of amides is 1. The molecule has 0 aliphatic heterocycles. The van der Waals surface area contributed by atoms with Gasteiger partial charge in [0.1, 0.15) is 29.3 Å². The summed E-state index contributed by atoms with van der Waals surface area (Å²) in [5.74, 6) is 1.52. The van der Waals surface area contributed by atoms with Crippen LogP contribution in [0.5, 0.6) is 11.5 Å². The van der Waals surface area contributed by atoms with Crippen molar-refractivity contribution in [2.24, 2.45) is 0 Å². The molecule has 1 aromatic heterocycles. The molecule has 0 atom stereocenters. The molecular formula is C20H19ClN4O3. The van der Waals surface area contributed by atoms with E-state index in [0.717, 1.165) is 11.3 Å². The predicted molar refractivity (Wildman–Crippen MR) is 107 cm³/mol. The van der Waals surface area contributed by atoms with E-state index in [0.29, 0.717) is 28.8 Å². The van der Waals surface area contributed by atoms with Gasteiger partial charge in [0.05, 0.1) is 19.2 Å². The molecular weight excluding hydrogens is 380 g/mol. The van der Waals surface area contributed by atoms with Crippen molar-refractivity contribution in [2.75, 3.05) is 19.5 Å². The third kappa shape index (κ3) is 4.89. The van der Waals surface area contributed by atoms with Crippen LogP contribution in [0.25, 0.3) is 0 Å². The first kappa shape index (κ1) is 19.4. The number of benzene rings is 2. The monoisotopic (exact) mass is 398 g/mol. The normalized spacial score (nSPS) is 10.2. The number of methoxy groups -OCH3 is 2. The molecule has 0 fully saturated rings. The molecule has 0 aliphatic carbocycles. The van der Waals surface area contributed by atoms with Gasteiger partial charge >= 0.3 is 0 Å². The summed E-state index contributed by atoms with van der Waals surface area (Å²) in [6.45, 7) is 0.379. The standard InChI is InChI=1S/C20H19ClN4O3/c1-27-15-6-3-13(4-7-15)11-22-20(26)17-10-19(24-12-23-17)25-14-5-8-18(28-2)16(21)9-14/h3-10,12H,11H2,1-2H3,(H,22,26)(H,23,24,25). The summed E-state index contributed by atoms with van der Waals surface area (Å²) in [5.41, 5.74) is 1.93. The summed E-state index contributed by atoms with van der Waals surface area (Å²) in [6.07, 6.45) is 1.33. The second kappa shape index (κ2) is 9.05. The smallest absolute Gasteiger partial charge is 0.270 e. The fourth-order valence-electron chi connectivity index (χ4n) is 2.46. The van der Waals surface area contributed by atoms with Gasteiger partial charge in [-0.1, -0.05) is 23.7 Å². The first-order valence-corrected chi connectivity index (χ1v) is 8.80. The topological polar surface area (TPSA) is 85.4 Å². The van der Waals surface area contributed by atoms with Crippen LogP contribution in [0.2, 0.25) is 5.02 Å². The van der Waals surface area contributed by atoms with Crippen molar-refractivity contribution < 1.29 is 14.3 Å². The number of nitrogens with zero attached hydrogens (tertiary/aromatic N) is 2. The number of carbonyl (C=O) groups excluding carboxylic acids is 1. The van der Waals surface area contributed by atoms with E-state index in [9.17, 15) is 4.79 Å². The van der Waals surface area contributed by atoms with Gasteiger partial charge in [0.15, 0.2) is 0 Å². The van der Waals surface area contributed by atoms with Crippen molar-refractivity contribution in [3.63, 3.8) is 0 Å². The fourth-order valence-corrected chi connectivity index (χ4v) is 2.72. The Labute approximate surface area is 167 Å². The molecule has 0 radical (unpaired) electrons. The average Bonchev–Trinajstić information content (AvgIpc) is 2.72. The number of aromatic nitrogens is 2. The largest absolute Gasteiger partial charge is 0.497 e. The van der Waals surface area contributed by atoms with E-state index >= 15 is 0 Å². The number of halogens is 1. The average molecular weight is 399 g/mol. The molecule has 2 aromatic carbocycles. The molecule has 0 spiro atoms.